The highest BCUT2D eigenvalue weighted by Crippen LogP contribution is 2.33. The number of hydrogen-bond acceptors (Lipinski definition) is 8. The average molecular weight is 795 g/mol. The number of halogens is 2. The maximum absolute atomic E-state index is 14.7. The highest BCUT2D eigenvalue weighted by molar-refractivity contribution is 6.38. The van der Waals surface area contributed by atoms with E-state index in [1.807, 2.05) is 20.8 Å². The number of nitrogens with zero attached hydrogens (tertiary/aromatic N) is 1. The van der Waals surface area contributed by atoms with Crippen LogP contribution in [0.15, 0.2) is 48.5 Å². The fraction of sp³-hybridized carbons (Fsp3) is 0.558. The van der Waals surface area contributed by atoms with Gasteiger partial charge in [0.25, 0.3) is 5.91 Å². The molecule has 0 bridgehead atoms. The largest absolute Gasteiger partial charge is 0.371 e. The number of likely N-dealkylation sites (tertiary alicyclic amines) is 1. The Balaban J connectivity index is 1.51. The lowest BCUT2D eigenvalue weighted by Gasteiger charge is -2.35. The predicted molar refractivity (Wildman–Crippen MR) is 207 cm³/mol. The summed E-state index contributed by atoms with van der Waals surface area (Å²) in [7, 11) is 0. The van der Waals surface area contributed by atoms with Gasteiger partial charge in [-0.05, 0) is 63.6 Å². The molecule has 0 spiro atoms. The number of benzene rings is 2. The van der Waals surface area contributed by atoms with Crippen LogP contribution in [0.3, 0.4) is 0 Å². The first-order valence-corrected chi connectivity index (χ1v) is 19.9. The number of carbonyl (C=O) groups is 7. The Morgan fingerprint density at radius 3 is 2.12 bits per heavy atom. The minimum absolute atomic E-state index is 0.000177. The summed E-state index contributed by atoms with van der Waals surface area (Å²) in [6.07, 6.45) is 2.59. The molecule has 0 aromatic heterocycles. The van der Waals surface area contributed by atoms with Crippen LogP contribution in [0.25, 0.3) is 0 Å². The van der Waals surface area contributed by atoms with Crippen molar-refractivity contribution >= 4 is 41.0 Å². The minimum atomic E-state index is -1.19. The van der Waals surface area contributed by atoms with Crippen LogP contribution < -0.4 is 16.4 Å². The Morgan fingerprint density at radius 2 is 1.53 bits per heavy atom. The summed E-state index contributed by atoms with van der Waals surface area (Å²) in [5.41, 5.74) is 4.59. The van der Waals surface area contributed by atoms with Gasteiger partial charge in [0.1, 0.15) is 23.2 Å². The number of amides is 4. The Kier molecular flexibility index (Phi) is 16.2. The molecule has 310 valence electrons. The van der Waals surface area contributed by atoms with Crippen molar-refractivity contribution in [2.75, 3.05) is 6.54 Å². The number of ether oxygens (including phenoxy) is 1. The molecule has 4 N–H and O–H groups in total. The lowest BCUT2D eigenvalue weighted by atomic mass is 9.82. The average Bonchev–Trinajstić information content (AvgIpc) is 3.58. The molecule has 4 rings (SSSR count). The van der Waals surface area contributed by atoms with Gasteiger partial charge in [0, 0.05) is 38.1 Å². The van der Waals surface area contributed by atoms with Gasteiger partial charge in [-0.15, -0.1) is 0 Å². The second kappa shape index (κ2) is 20.5. The summed E-state index contributed by atoms with van der Waals surface area (Å²) in [6, 6.07) is 8.80. The van der Waals surface area contributed by atoms with E-state index in [0.717, 1.165) is 37.5 Å². The van der Waals surface area contributed by atoms with Gasteiger partial charge in [0.05, 0.1) is 30.2 Å². The van der Waals surface area contributed by atoms with Crippen molar-refractivity contribution in [3.63, 3.8) is 0 Å². The second-order valence-corrected chi connectivity index (χ2v) is 16.2. The number of carbonyl (C=O) groups excluding carboxylic acids is 7. The van der Waals surface area contributed by atoms with Crippen molar-refractivity contribution in [2.45, 2.75) is 135 Å². The summed E-state index contributed by atoms with van der Waals surface area (Å²) in [6.45, 7) is 7.32. The molecule has 5 atom stereocenters. The lowest BCUT2D eigenvalue weighted by molar-refractivity contribution is -0.143. The molecule has 12 nitrogen and oxygen atoms in total. The topological polar surface area (TPSA) is 182 Å². The first kappa shape index (κ1) is 44.9. The number of nitrogens with two attached hydrogens (primary N) is 1. The normalized spacial score (nSPS) is 18.9. The van der Waals surface area contributed by atoms with Gasteiger partial charge < -0.3 is 26.0 Å². The molecule has 2 aliphatic rings. The smallest absolute Gasteiger partial charge is 0.257 e. The van der Waals surface area contributed by atoms with E-state index < -0.39 is 100 Å². The first-order valence-electron chi connectivity index (χ1n) is 19.9. The van der Waals surface area contributed by atoms with Crippen LogP contribution in [0.5, 0.6) is 0 Å². The van der Waals surface area contributed by atoms with Crippen LogP contribution in [-0.2, 0) is 33.5 Å². The minimum Gasteiger partial charge on any atom is -0.371 e. The number of primary amides is 1. The van der Waals surface area contributed by atoms with Gasteiger partial charge in [0.2, 0.25) is 23.5 Å². The SMILES string of the molecule is CCCC(CC(=O)[C@@H]1C[C@@H](OC(C)(C)C)CN1C(=O)[C@@H](NC(=O)c1c(F)cccc1F)C1CCCCC1)C(=O)C(=O)CCC(=O)NC(CC(N)=O)c1ccccc1. The third-order valence-corrected chi connectivity index (χ3v) is 10.6. The van der Waals surface area contributed by atoms with E-state index in [4.69, 9.17) is 10.5 Å². The number of rotatable bonds is 19. The fourth-order valence-electron chi connectivity index (χ4n) is 7.92. The van der Waals surface area contributed by atoms with Gasteiger partial charge in [-0.25, -0.2) is 8.78 Å². The van der Waals surface area contributed by atoms with Crippen molar-refractivity contribution in [3.05, 3.63) is 71.3 Å². The Bertz CT molecular complexity index is 1760. The van der Waals surface area contributed by atoms with Crippen molar-refractivity contribution in [2.24, 2.45) is 17.6 Å². The summed E-state index contributed by atoms with van der Waals surface area (Å²) >= 11 is 0. The number of ketones is 3. The quantitative estimate of drug-likeness (QED) is 0.157. The molecule has 14 heteroatoms. The van der Waals surface area contributed by atoms with Crippen LogP contribution in [0.1, 0.15) is 127 Å². The van der Waals surface area contributed by atoms with E-state index in [9.17, 15) is 42.3 Å². The van der Waals surface area contributed by atoms with E-state index in [1.54, 1.807) is 37.3 Å². The first-order chi connectivity index (χ1) is 27.0. The predicted octanol–water partition coefficient (Wildman–Crippen LogP) is 5.45. The van der Waals surface area contributed by atoms with Gasteiger partial charge in [-0.2, -0.15) is 0 Å². The molecule has 1 saturated heterocycles. The summed E-state index contributed by atoms with van der Waals surface area (Å²) in [5.74, 6) is -8.46. The molecule has 57 heavy (non-hydrogen) atoms. The molecule has 2 aromatic carbocycles. The highest BCUT2D eigenvalue weighted by Gasteiger charge is 2.46. The molecule has 0 radical (unpaired) electrons. The third-order valence-electron chi connectivity index (χ3n) is 10.6. The van der Waals surface area contributed by atoms with Crippen molar-refractivity contribution < 1.29 is 47.1 Å². The molecule has 2 fully saturated rings. The van der Waals surface area contributed by atoms with Gasteiger partial charge in [0.15, 0.2) is 11.6 Å². The van der Waals surface area contributed by atoms with Gasteiger partial charge >= 0.3 is 0 Å². The molecule has 4 amide bonds. The molecule has 1 saturated carbocycles. The Labute approximate surface area is 333 Å². The van der Waals surface area contributed by atoms with Crippen LogP contribution >= 0.6 is 0 Å². The van der Waals surface area contributed by atoms with Crippen molar-refractivity contribution in [3.8, 4) is 0 Å². The highest BCUT2D eigenvalue weighted by atomic mass is 19.1. The fourth-order valence-corrected chi connectivity index (χ4v) is 7.92. The van der Waals surface area contributed by atoms with E-state index in [2.05, 4.69) is 10.6 Å². The summed E-state index contributed by atoms with van der Waals surface area (Å²) in [4.78, 5) is 94.8. The van der Waals surface area contributed by atoms with Gasteiger partial charge in [-0.3, -0.25) is 33.6 Å². The molecular weight excluding hydrogens is 738 g/mol. The van der Waals surface area contributed by atoms with E-state index in [0.29, 0.717) is 24.8 Å². The van der Waals surface area contributed by atoms with Gasteiger partial charge in [-0.1, -0.05) is 69.0 Å². The van der Waals surface area contributed by atoms with Crippen molar-refractivity contribution in [1.82, 2.24) is 15.5 Å². The lowest BCUT2D eigenvalue weighted by Crippen LogP contribution is -2.55. The Hall–Kier alpha value is -4.85. The molecule has 1 aliphatic carbocycles. The zero-order valence-electron chi connectivity index (χ0n) is 33.3. The summed E-state index contributed by atoms with van der Waals surface area (Å²) in [5, 5.41) is 5.32. The monoisotopic (exact) mass is 794 g/mol. The maximum Gasteiger partial charge on any atom is 0.257 e. The van der Waals surface area contributed by atoms with Crippen LogP contribution in [0, 0.1) is 23.5 Å². The molecular formula is C43H56F2N4O8. The molecule has 1 heterocycles. The molecule has 2 aromatic rings. The molecule has 1 aliphatic heterocycles. The number of nitrogens with one attached hydrogen (secondary N) is 2. The van der Waals surface area contributed by atoms with Crippen LogP contribution in [-0.4, -0.2) is 76.2 Å². The standard InChI is InChI=1S/C43H56F2N4O8/c1-5-13-28(40(54)34(50)20-21-37(53)47-32(24-36(46)52)26-14-8-6-9-15-26)22-35(51)33-23-29(57-43(2,3)4)25-49(33)42(56)39(27-16-10-7-11-17-27)48-41(55)38-30(44)18-12-19-31(38)45/h6,8-9,12,14-15,18-19,27-29,32-33,39H,5,7,10-11,13,16-17,20-25H2,1-4H3,(H2,46,52)(H,47,53)(H,48,55)/t28?,29-,32?,33+,39+/m1/s1. The zero-order valence-corrected chi connectivity index (χ0v) is 33.3. The number of Topliss-reactive ketones (excluding diaryl/α,β-unsaturated/α-hetero) is 3. The van der Waals surface area contributed by atoms with Crippen LogP contribution in [0.2, 0.25) is 0 Å². The Morgan fingerprint density at radius 1 is 0.877 bits per heavy atom. The van der Waals surface area contributed by atoms with Crippen LogP contribution in [0.4, 0.5) is 8.78 Å². The second-order valence-electron chi connectivity index (χ2n) is 16.2. The van der Waals surface area contributed by atoms with E-state index in [1.165, 1.54) is 4.90 Å². The number of hydrogen-bond donors (Lipinski definition) is 3. The zero-order chi connectivity index (χ0) is 41.9. The van der Waals surface area contributed by atoms with Crippen molar-refractivity contribution in [1.29, 1.82) is 0 Å². The third kappa shape index (κ3) is 12.8. The maximum atomic E-state index is 14.7. The van der Waals surface area contributed by atoms with E-state index in [-0.39, 0.29) is 44.6 Å². The molecule has 2 unspecified atom stereocenters. The van der Waals surface area contributed by atoms with E-state index >= 15 is 0 Å². The summed E-state index contributed by atoms with van der Waals surface area (Å²) < 4.78 is 35.6.